The van der Waals surface area contributed by atoms with Crippen LogP contribution in [0.5, 0.6) is 0 Å². The van der Waals surface area contributed by atoms with E-state index in [1.807, 2.05) is 18.2 Å². The molecule has 0 aliphatic carbocycles. The summed E-state index contributed by atoms with van der Waals surface area (Å²) in [7, 11) is 0. The Hall–Kier alpha value is -2.16. The first kappa shape index (κ1) is 8.17. The van der Waals surface area contributed by atoms with E-state index in [9.17, 15) is 4.79 Å². The second-order valence-corrected chi connectivity index (χ2v) is 3.30. The van der Waals surface area contributed by atoms with Crippen molar-refractivity contribution in [2.45, 2.75) is 0 Å². The summed E-state index contributed by atoms with van der Waals surface area (Å²) in [6, 6.07) is 8.86. The summed E-state index contributed by atoms with van der Waals surface area (Å²) in [6.07, 6.45) is 3.09. The van der Waals surface area contributed by atoms with Gasteiger partial charge in [0.1, 0.15) is 5.52 Å². The number of benzene rings is 1. The summed E-state index contributed by atoms with van der Waals surface area (Å²) in [5, 5.41) is 1.54. The van der Waals surface area contributed by atoms with Gasteiger partial charge in [0.05, 0.1) is 11.6 Å². The lowest BCUT2D eigenvalue weighted by Crippen LogP contribution is -1.98. The van der Waals surface area contributed by atoms with Crippen LogP contribution in [0, 0.1) is 0 Å². The lowest BCUT2D eigenvalue weighted by Gasteiger charge is -1.99. The van der Waals surface area contributed by atoms with Gasteiger partial charge in [-0.25, -0.2) is 0 Å². The number of rotatable bonds is 0. The number of pyridine rings is 1. The van der Waals surface area contributed by atoms with E-state index in [2.05, 4.69) is 4.98 Å². The van der Waals surface area contributed by atoms with Crippen molar-refractivity contribution < 1.29 is 4.42 Å². The molecule has 15 heavy (non-hydrogen) atoms. The maximum atomic E-state index is 11.5. The number of aromatic nitrogens is 1. The molecule has 0 atom stereocenters. The summed E-state index contributed by atoms with van der Waals surface area (Å²) in [5.41, 5.74) is 1.25. The molecule has 0 saturated heterocycles. The quantitative estimate of drug-likeness (QED) is 0.519. The first-order chi connectivity index (χ1) is 7.36. The minimum Gasteiger partial charge on any atom is -0.462 e. The second-order valence-electron chi connectivity index (χ2n) is 3.30. The largest absolute Gasteiger partial charge is 0.462 e. The van der Waals surface area contributed by atoms with Gasteiger partial charge in [0, 0.05) is 17.6 Å². The SMILES string of the molecule is O=c1ccoc2c1ccc1cccnc12. The van der Waals surface area contributed by atoms with Crippen LogP contribution < -0.4 is 5.43 Å². The number of hydrogen-bond acceptors (Lipinski definition) is 3. The monoisotopic (exact) mass is 197 g/mol. The molecule has 1 aromatic carbocycles. The van der Waals surface area contributed by atoms with Crippen LogP contribution in [0.1, 0.15) is 0 Å². The Balaban J connectivity index is 2.67. The number of hydrogen-bond donors (Lipinski definition) is 0. The number of nitrogens with zero attached hydrogens (tertiary/aromatic N) is 1. The fourth-order valence-electron chi connectivity index (χ4n) is 1.69. The Morgan fingerprint density at radius 2 is 2.07 bits per heavy atom. The van der Waals surface area contributed by atoms with E-state index < -0.39 is 0 Å². The van der Waals surface area contributed by atoms with Crippen molar-refractivity contribution in [2.75, 3.05) is 0 Å². The molecule has 0 saturated carbocycles. The van der Waals surface area contributed by atoms with Gasteiger partial charge in [-0.3, -0.25) is 9.78 Å². The normalized spacial score (nSPS) is 10.9. The third kappa shape index (κ3) is 1.13. The number of fused-ring (bicyclic) bond motifs is 3. The van der Waals surface area contributed by atoms with Crippen molar-refractivity contribution in [2.24, 2.45) is 0 Å². The van der Waals surface area contributed by atoms with E-state index >= 15 is 0 Å². The van der Waals surface area contributed by atoms with Crippen molar-refractivity contribution in [3.8, 4) is 0 Å². The molecule has 0 N–H and O–H groups in total. The molecule has 3 rings (SSSR count). The summed E-state index contributed by atoms with van der Waals surface area (Å²) in [6.45, 7) is 0. The molecule has 2 aromatic heterocycles. The smallest absolute Gasteiger partial charge is 0.192 e. The van der Waals surface area contributed by atoms with E-state index in [4.69, 9.17) is 4.42 Å². The van der Waals surface area contributed by atoms with E-state index in [1.165, 1.54) is 12.3 Å². The summed E-state index contributed by atoms with van der Waals surface area (Å²) >= 11 is 0. The Labute approximate surface area is 85.0 Å². The molecular weight excluding hydrogens is 190 g/mol. The predicted molar refractivity (Wildman–Crippen MR) is 57.8 cm³/mol. The summed E-state index contributed by atoms with van der Waals surface area (Å²) in [5.74, 6) is 0. The molecule has 0 unspecified atom stereocenters. The summed E-state index contributed by atoms with van der Waals surface area (Å²) in [4.78, 5) is 15.8. The third-order valence-corrected chi connectivity index (χ3v) is 2.40. The molecule has 0 spiro atoms. The van der Waals surface area contributed by atoms with Gasteiger partial charge in [-0.05, 0) is 12.1 Å². The van der Waals surface area contributed by atoms with Gasteiger partial charge < -0.3 is 4.42 Å². The molecule has 3 heteroatoms. The molecular formula is C12H7NO2. The van der Waals surface area contributed by atoms with Gasteiger partial charge >= 0.3 is 0 Å². The van der Waals surface area contributed by atoms with Crippen molar-refractivity contribution in [1.29, 1.82) is 0 Å². The molecule has 3 nitrogen and oxygen atoms in total. The zero-order valence-corrected chi connectivity index (χ0v) is 7.81. The Morgan fingerprint density at radius 3 is 3.00 bits per heavy atom. The lowest BCUT2D eigenvalue weighted by atomic mass is 10.1. The average Bonchev–Trinajstić information content (AvgIpc) is 2.29. The molecule has 0 aliphatic rings. The fourth-order valence-corrected chi connectivity index (χ4v) is 1.69. The Morgan fingerprint density at radius 1 is 1.13 bits per heavy atom. The molecule has 0 radical (unpaired) electrons. The van der Waals surface area contributed by atoms with Crippen molar-refractivity contribution in [3.05, 3.63) is 53.0 Å². The van der Waals surface area contributed by atoms with Gasteiger partial charge in [0.2, 0.25) is 0 Å². The predicted octanol–water partition coefficient (Wildman–Crippen LogP) is 2.34. The van der Waals surface area contributed by atoms with Crippen LogP contribution in [0.3, 0.4) is 0 Å². The molecule has 0 aliphatic heterocycles. The van der Waals surface area contributed by atoms with Gasteiger partial charge in [-0.2, -0.15) is 0 Å². The molecule has 0 bridgehead atoms. The molecule has 0 fully saturated rings. The topological polar surface area (TPSA) is 43.1 Å². The first-order valence-electron chi connectivity index (χ1n) is 4.61. The van der Waals surface area contributed by atoms with Gasteiger partial charge in [0.25, 0.3) is 0 Å². The average molecular weight is 197 g/mol. The van der Waals surface area contributed by atoms with Crippen LogP contribution in [0.4, 0.5) is 0 Å². The van der Waals surface area contributed by atoms with Crippen LogP contribution in [-0.2, 0) is 0 Å². The highest BCUT2D eigenvalue weighted by Crippen LogP contribution is 2.20. The lowest BCUT2D eigenvalue weighted by molar-refractivity contribution is 0.605. The van der Waals surface area contributed by atoms with Crippen LogP contribution in [0.2, 0.25) is 0 Å². The molecule has 3 aromatic rings. The zero-order valence-electron chi connectivity index (χ0n) is 7.81. The maximum absolute atomic E-state index is 11.5. The van der Waals surface area contributed by atoms with E-state index in [1.54, 1.807) is 12.3 Å². The Kier molecular flexibility index (Phi) is 1.59. The third-order valence-electron chi connectivity index (χ3n) is 2.40. The van der Waals surface area contributed by atoms with Gasteiger partial charge in [-0.1, -0.05) is 12.1 Å². The van der Waals surface area contributed by atoms with Crippen molar-refractivity contribution in [1.82, 2.24) is 4.98 Å². The van der Waals surface area contributed by atoms with Crippen LogP contribution in [0.15, 0.2) is 52.0 Å². The molecule has 2 heterocycles. The van der Waals surface area contributed by atoms with Crippen molar-refractivity contribution >= 4 is 21.9 Å². The molecule has 0 amide bonds. The van der Waals surface area contributed by atoms with E-state index in [0.717, 1.165) is 10.9 Å². The first-order valence-corrected chi connectivity index (χ1v) is 4.61. The zero-order chi connectivity index (χ0) is 10.3. The highest BCUT2D eigenvalue weighted by Gasteiger charge is 2.04. The Bertz CT molecular complexity index is 700. The second kappa shape index (κ2) is 2.92. The standard InChI is InChI=1S/C12H7NO2/c14-10-5-7-15-12-9(10)4-3-8-2-1-6-13-11(8)12/h1-7H. The van der Waals surface area contributed by atoms with Crippen LogP contribution in [0.25, 0.3) is 21.9 Å². The minimum absolute atomic E-state index is 0.0381. The van der Waals surface area contributed by atoms with E-state index in [0.29, 0.717) is 11.0 Å². The fraction of sp³-hybridized carbons (Fsp3) is 0. The van der Waals surface area contributed by atoms with Crippen molar-refractivity contribution in [3.63, 3.8) is 0 Å². The van der Waals surface area contributed by atoms with Crippen LogP contribution in [-0.4, -0.2) is 4.98 Å². The van der Waals surface area contributed by atoms with Gasteiger partial charge in [-0.15, -0.1) is 0 Å². The van der Waals surface area contributed by atoms with Gasteiger partial charge in [0.15, 0.2) is 11.0 Å². The maximum Gasteiger partial charge on any atom is 0.192 e. The minimum atomic E-state index is -0.0381. The highest BCUT2D eigenvalue weighted by molar-refractivity contribution is 6.00. The highest BCUT2D eigenvalue weighted by atomic mass is 16.3. The van der Waals surface area contributed by atoms with E-state index in [-0.39, 0.29) is 5.43 Å². The van der Waals surface area contributed by atoms with Crippen LogP contribution >= 0.6 is 0 Å². The molecule has 72 valence electrons. The summed E-state index contributed by atoms with van der Waals surface area (Å²) < 4.78 is 5.34.